The highest BCUT2D eigenvalue weighted by Crippen LogP contribution is 2.22. The molecular weight excluding hydrogens is 180 g/mol. The molecular formula is C8H15F2NO2. The Hall–Kier alpha value is -0.260. The number of nitrogens with zero attached hydrogens (tertiary/aromatic N) is 1. The number of aliphatic hydroxyl groups excluding tert-OH is 1. The minimum absolute atomic E-state index is 0.00486. The molecule has 1 N–H and O–H groups in total. The Morgan fingerprint density at radius 2 is 2.23 bits per heavy atom. The number of rotatable bonds is 3. The van der Waals surface area contributed by atoms with E-state index in [1.54, 1.807) is 11.9 Å². The first-order chi connectivity index (χ1) is 5.88. The van der Waals surface area contributed by atoms with Crippen molar-refractivity contribution < 1.29 is 18.6 Å². The highest BCUT2D eigenvalue weighted by atomic mass is 19.3. The van der Waals surface area contributed by atoms with Crippen molar-refractivity contribution in [2.24, 2.45) is 5.92 Å². The number of hydrogen-bond donors (Lipinski definition) is 1. The van der Waals surface area contributed by atoms with Crippen molar-refractivity contribution >= 4 is 0 Å². The van der Waals surface area contributed by atoms with Crippen LogP contribution in [0.15, 0.2) is 0 Å². The van der Waals surface area contributed by atoms with E-state index in [2.05, 4.69) is 4.74 Å². The lowest BCUT2D eigenvalue weighted by Gasteiger charge is -2.15. The first-order valence-electron chi connectivity index (χ1n) is 4.28. The predicted octanol–water partition coefficient (Wildman–Crippen LogP) is 0.886. The van der Waals surface area contributed by atoms with Gasteiger partial charge in [-0.1, -0.05) is 0 Å². The molecule has 3 nitrogen and oxygen atoms in total. The van der Waals surface area contributed by atoms with E-state index in [-0.39, 0.29) is 12.5 Å². The average molecular weight is 195 g/mol. The number of hydrogen-bond acceptors (Lipinski definition) is 3. The molecule has 0 spiro atoms. The van der Waals surface area contributed by atoms with Crippen LogP contribution in [0, 0.1) is 5.92 Å². The van der Waals surface area contributed by atoms with Gasteiger partial charge in [0.1, 0.15) is 6.23 Å². The lowest BCUT2D eigenvalue weighted by atomic mass is 10.1. The number of aliphatic hydroxyl groups is 1. The molecule has 1 aliphatic rings. The van der Waals surface area contributed by atoms with E-state index in [1.165, 1.54) is 0 Å². The van der Waals surface area contributed by atoms with Gasteiger partial charge in [0.2, 0.25) is 0 Å². The van der Waals surface area contributed by atoms with Gasteiger partial charge in [0.15, 0.2) is 0 Å². The van der Waals surface area contributed by atoms with Crippen LogP contribution >= 0.6 is 0 Å². The maximum absolute atomic E-state index is 12.3. The lowest BCUT2D eigenvalue weighted by molar-refractivity contribution is -0.229. The molecule has 1 aliphatic heterocycles. The fraction of sp³-hybridized carbons (Fsp3) is 1.00. The summed E-state index contributed by atoms with van der Waals surface area (Å²) in [7, 11) is 1.76. The van der Waals surface area contributed by atoms with Crippen molar-refractivity contribution in [3.05, 3.63) is 0 Å². The molecule has 0 aromatic heterocycles. The molecule has 1 rings (SSSR count). The van der Waals surface area contributed by atoms with E-state index in [1.807, 2.05) is 0 Å². The van der Waals surface area contributed by atoms with E-state index in [0.29, 0.717) is 13.0 Å². The molecule has 2 atom stereocenters. The Labute approximate surface area is 76.3 Å². The van der Waals surface area contributed by atoms with Gasteiger partial charge in [0.25, 0.3) is 0 Å². The SMILES string of the molecule is CN1CC(COC(C)(F)F)CC1O. The van der Waals surface area contributed by atoms with Gasteiger partial charge in [-0.3, -0.25) is 4.90 Å². The Morgan fingerprint density at radius 3 is 2.62 bits per heavy atom. The Balaban J connectivity index is 2.25. The third kappa shape index (κ3) is 3.54. The molecule has 0 amide bonds. The highest BCUT2D eigenvalue weighted by molar-refractivity contribution is 4.76. The minimum Gasteiger partial charge on any atom is -0.378 e. The molecule has 0 aromatic carbocycles. The summed E-state index contributed by atoms with van der Waals surface area (Å²) in [5, 5.41) is 9.28. The summed E-state index contributed by atoms with van der Waals surface area (Å²) in [4.78, 5) is 1.72. The van der Waals surface area contributed by atoms with Crippen molar-refractivity contribution in [1.29, 1.82) is 0 Å². The molecule has 13 heavy (non-hydrogen) atoms. The largest absolute Gasteiger partial charge is 0.378 e. The van der Waals surface area contributed by atoms with Gasteiger partial charge in [-0.05, 0) is 19.4 Å². The topological polar surface area (TPSA) is 32.7 Å². The maximum atomic E-state index is 12.3. The summed E-state index contributed by atoms with van der Waals surface area (Å²) in [6, 6.07) is 0. The molecule has 1 heterocycles. The zero-order valence-electron chi connectivity index (χ0n) is 7.83. The Kier molecular flexibility index (Phi) is 3.21. The van der Waals surface area contributed by atoms with Gasteiger partial charge in [-0.2, -0.15) is 8.78 Å². The number of likely N-dealkylation sites (tertiary alicyclic amines) is 1. The molecule has 0 aliphatic carbocycles. The van der Waals surface area contributed by atoms with Crippen LogP contribution in [0.2, 0.25) is 0 Å². The van der Waals surface area contributed by atoms with Gasteiger partial charge in [-0.25, -0.2) is 0 Å². The van der Waals surface area contributed by atoms with Crippen LogP contribution in [0.5, 0.6) is 0 Å². The van der Waals surface area contributed by atoms with Gasteiger partial charge >= 0.3 is 6.11 Å². The zero-order valence-corrected chi connectivity index (χ0v) is 7.83. The van der Waals surface area contributed by atoms with Crippen molar-refractivity contribution in [2.75, 3.05) is 20.2 Å². The van der Waals surface area contributed by atoms with E-state index >= 15 is 0 Å². The van der Waals surface area contributed by atoms with E-state index in [4.69, 9.17) is 0 Å². The molecule has 78 valence electrons. The molecule has 1 saturated heterocycles. The summed E-state index contributed by atoms with van der Waals surface area (Å²) < 4.78 is 28.9. The average Bonchev–Trinajstić information content (AvgIpc) is 2.27. The smallest absolute Gasteiger partial charge is 0.352 e. The molecule has 1 fully saturated rings. The quantitative estimate of drug-likeness (QED) is 0.725. The zero-order chi connectivity index (χ0) is 10.1. The monoisotopic (exact) mass is 195 g/mol. The molecule has 0 radical (unpaired) electrons. The molecule has 0 bridgehead atoms. The van der Waals surface area contributed by atoms with Crippen LogP contribution in [0.25, 0.3) is 0 Å². The van der Waals surface area contributed by atoms with Gasteiger partial charge in [0, 0.05) is 13.5 Å². The first-order valence-corrected chi connectivity index (χ1v) is 4.28. The molecule has 5 heteroatoms. The summed E-state index contributed by atoms with van der Waals surface area (Å²) in [5.74, 6) is 0.00539. The Bertz CT molecular complexity index is 162. The minimum atomic E-state index is -3.06. The second-order valence-electron chi connectivity index (χ2n) is 3.64. The molecule has 2 unspecified atom stereocenters. The van der Waals surface area contributed by atoms with Crippen LogP contribution in [-0.2, 0) is 4.74 Å². The second kappa shape index (κ2) is 3.86. The predicted molar refractivity (Wildman–Crippen MR) is 43.3 cm³/mol. The van der Waals surface area contributed by atoms with E-state index in [9.17, 15) is 13.9 Å². The molecule has 0 saturated carbocycles. The highest BCUT2D eigenvalue weighted by Gasteiger charge is 2.30. The van der Waals surface area contributed by atoms with Crippen LogP contribution in [0.4, 0.5) is 8.78 Å². The molecule has 0 aromatic rings. The summed E-state index contributed by atoms with van der Waals surface area (Å²) in [5.41, 5.74) is 0. The summed E-state index contributed by atoms with van der Waals surface area (Å²) >= 11 is 0. The summed E-state index contributed by atoms with van der Waals surface area (Å²) in [6.07, 6.45) is -3.07. The lowest BCUT2D eigenvalue weighted by Crippen LogP contribution is -2.25. The van der Waals surface area contributed by atoms with E-state index < -0.39 is 12.3 Å². The van der Waals surface area contributed by atoms with Gasteiger partial charge in [0.05, 0.1) is 6.61 Å². The van der Waals surface area contributed by atoms with Crippen LogP contribution < -0.4 is 0 Å². The van der Waals surface area contributed by atoms with Crippen LogP contribution in [-0.4, -0.2) is 42.5 Å². The van der Waals surface area contributed by atoms with Gasteiger partial charge in [-0.15, -0.1) is 0 Å². The third-order valence-electron chi connectivity index (χ3n) is 2.17. The second-order valence-corrected chi connectivity index (χ2v) is 3.64. The fourth-order valence-corrected chi connectivity index (χ4v) is 1.47. The van der Waals surface area contributed by atoms with Crippen LogP contribution in [0.1, 0.15) is 13.3 Å². The van der Waals surface area contributed by atoms with Crippen molar-refractivity contribution in [3.63, 3.8) is 0 Å². The van der Waals surface area contributed by atoms with Crippen molar-refractivity contribution in [2.45, 2.75) is 25.7 Å². The Morgan fingerprint density at radius 1 is 1.62 bits per heavy atom. The van der Waals surface area contributed by atoms with E-state index in [0.717, 1.165) is 6.92 Å². The van der Waals surface area contributed by atoms with Gasteiger partial charge < -0.3 is 9.84 Å². The van der Waals surface area contributed by atoms with Crippen LogP contribution in [0.3, 0.4) is 0 Å². The number of alkyl halides is 2. The third-order valence-corrected chi connectivity index (χ3v) is 2.17. The maximum Gasteiger partial charge on any atom is 0.352 e. The number of halogens is 2. The van der Waals surface area contributed by atoms with Crippen molar-refractivity contribution in [1.82, 2.24) is 4.90 Å². The fourth-order valence-electron chi connectivity index (χ4n) is 1.47. The van der Waals surface area contributed by atoms with Crippen molar-refractivity contribution in [3.8, 4) is 0 Å². The number of ether oxygens (including phenoxy) is 1. The normalized spacial score (nSPS) is 31.2. The first kappa shape index (κ1) is 10.8. The standard InChI is InChI=1S/C8H15F2NO2/c1-8(9,10)13-5-6-3-7(12)11(2)4-6/h6-7,12H,3-5H2,1-2H3. The summed E-state index contributed by atoms with van der Waals surface area (Å²) in [6.45, 7) is 1.34.